The molecule has 0 bridgehead atoms. The molecule has 0 spiro atoms. The zero-order chi connectivity index (χ0) is 21.5. The molecule has 0 aliphatic rings. The van der Waals surface area contributed by atoms with Crippen LogP contribution in [0.5, 0.6) is 5.75 Å². The summed E-state index contributed by atoms with van der Waals surface area (Å²) in [6.07, 6.45) is 1.61. The van der Waals surface area contributed by atoms with Crippen LogP contribution in [0.4, 0.5) is 0 Å². The molecule has 0 radical (unpaired) electrons. The van der Waals surface area contributed by atoms with Crippen molar-refractivity contribution in [2.24, 2.45) is 0 Å². The largest absolute Gasteiger partial charge is 0.489 e. The minimum Gasteiger partial charge on any atom is -0.489 e. The van der Waals surface area contributed by atoms with Crippen molar-refractivity contribution >= 4 is 11.9 Å². The van der Waals surface area contributed by atoms with Gasteiger partial charge in [0.2, 0.25) is 0 Å². The molecule has 0 fully saturated rings. The number of rotatable bonds is 9. The lowest BCUT2D eigenvalue weighted by Gasteiger charge is -2.15. The van der Waals surface area contributed by atoms with E-state index in [4.69, 9.17) is 18.4 Å². The van der Waals surface area contributed by atoms with Crippen LogP contribution in [0.15, 0.2) is 51.6 Å². The summed E-state index contributed by atoms with van der Waals surface area (Å²) >= 11 is 0. The minimum atomic E-state index is -0.473. The topological polar surface area (TPSA) is 95.0 Å². The number of aryl methyl sites for hydroxylation is 2. The number of hydrogen-bond acceptors (Lipinski definition) is 7. The van der Waals surface area contributed by atoms with Gasteiger partial charge in [-0.2, -0.15) is 0 Å². The maximum atomic E-state index is 12.1. The average molecular weight is 412 g/mol. The lowest BCUT2D eigenvalue weighted by Crippen LogP contribution is -2.30. The summed E-state index contributed by atoms with van der Waals surface area (Å²) in [4.78, 5) is 25.5. The molecular formula is C22H24N2O6. The Balaban J connectivity index is 1.42. The van der Waals surface area contributed by atoms with Gasteiger partial charge in [-0.25, -0.2) is 0 Å². The molecular weight excluding hydrogens is 388 g/mol. The van der Waals surface area contributed by atoms with Crippen LogP contribution in [-0.2, 0) is 33.9 Å². The molecule has 30 heavy (non-hydrogen) atoms. The van der Waals surface area contributed by atoms with Crippen LogP contribution in [0.25, 0.3) is 0 Å². The molecule has 0 unspecified atom stereocenters. The van der Waals surface area contributed by atoms with Crippen LogP contribution >= 0.6 is 0 Å². The lowest BCUT2D eigenvalue weighted by molar-refractivity contribution is -0.151. The van der Waals surface area contributed by atoms with Crippen molar-refractivity contribution in [3.8, 4) is 5.75 Å². The molecule has 0 aliphatic heterocycles. The van der Waals surface area contributed by atoms with Gasteiger partial charge in [0.25, 0.3) is 5.91 Å². The fraction of sp³-hybridized carbons (Fsp3) is 0.318. The summed E-state index contributed by atoms with van der Waals surface area (Å²) in [6.45, 7) is 4.07. The smallest absolute Gasteiger partial charge is 0.310 e. The SMILES string of the molecule is Cc1noc(C)c1COc1ccc(CC(=O)OCC(=O)N(C)Cc2ccco2)cc1. The number of carbonyl (C=O) groups excluding carboxylic acids is 2. The van der Waals surface area contributed by atoms with Gasteiger partial charge in [-0.15, -0.1) is 0 Å². The van der Waals surface area contributed by atoms with Crippen LogP contribution in [0.3, 0.4) is 0 Å². The molecule has 1 amide bonds. The summed E-state index contributed by atoms with van der Waals surface area (Å²) in [5, 5.41) is 3.90. The highest BCUT2D eigenvalue weighted by molar-refractivity contribution is 5.81. The first kappa shape index (κ1) is 21.2. The molecule has 0 saturated carbocycles. The van der Waals surface area contributed by atoms with Gasteiger partial charge < -0.3 is 23.3 Å². The maximum Gasteiger partial charge on any atom is 0.310 e. The first-order chi connectivity index (χ1) is 14.4. The highest BCUT2D eigenvalue weighted by atomic mass is 16.5. The number of furan rings is 1. The van der Waals surface area contributed by atoms with Gasteiger partial charge in [0.05, 0.1) is 30.5 Å². The number of carbonyl (C=O) groups is 2. The van der Waals surface area contributed by atoms with E-state index < -0.39 is 5.97 Å². The van der Waals surface area contributed by atoms with Crippen molar-refractivity contribution in [3.05, 3.63) is 71.0 Å². The third-order valence-electron chi connectivity index (χ3n) is 4.59. The monoisotopic (exact) mass is 412 g/mol. The first-order valence-corrected chi connectivity index (χ1v) is 9.48. The van der Waals surface area contributed by atoms with E-state index in [0.29, 0.717) is 24.7 Å². The number of benzene rings is 1. The third-order valence-corrected chi connectivity index (χ3v) is 4.59. The molecule has 2 heterocycles. The van der Waals surface area contributed by atoms with Crippen LogP contribution in [0.1, 0.15) is 28.3 Å². The standard InChI is InChI=1S/C22H24N2O6/c1-15-20(16(2)30-23-15)13-28-18-8-6-17(7-9-18)11-22(26)29-14-21(25)24(3)12-19-5-4-10-27-19/h4-10H,11-14H2,1-3H3. The van der Waals surface area contributed by atoms with Crippen molar-refractivity contribution in [2.45, 2.75) is 33.4 Å². The van der Waals surface area contributed by atoms with Gasteiger partial charge in [-0.05, 0) is 43.7 Å². The van der Waals surface area contributed by atoms with Gasteiger partial charge >= 0.3 is 5.97 Å². The van der Waals surface area contributed by atoms with E-state index in [9.17, 15) is 9.59 Å². The molecule has 0 atom stereocenters. The van der Waals surface area contributed by atoms with Crippen LogP contribution in [-0.4, -0.2) is 35.6 Å². The van der Waals surface area contributed by atoms with E-state index in [1.165, 1.54) is 4.90 Å². The number of hydrogen-bond donors (Lipinski definition) is 0. The van der Waals surface area contributed by atoms with Crippen molar-refractivity contribution < 1.29 is 28.0 Å². The van der Waals surface area contributed by atoms with Gasteiger partial charge in [0, 0.05) is 7.05 Å². The Hall–Kier alpha value is -3.55. The number of amides is 1. The summed E-state index contributed by atoms with van der Waals surface area (Å²) in [6, 6.07) is 10.7. The third kappa shape index (κ3) is 5.73. The zero-order valence-electron chi connectivity index (χ0n) is 17.2. The van der Waals surface area contributed by atoms with Crippen molar-refractivity contribution in [1.82, 2.24) is 10.1 Å². The number of aromatic nitrogens is 1. The fourth-order valence-electron chi connectivity index (χ4n) is 2.76. The zero-order valence-corrected chi connectivity index (χ0v) is 17.2. The Morgan fingerprint density at radius 3 is 2.53 bits per heavy atom. The molecule has 8 heteroatoms. The predicted molar refractivity (Wildman–Crippen MR) is 107 cm³/mol. The molecule has 2 aromatic heterocycles. The molecule has 0 N–H and O–H groups in total. The van der Waals surface area contributed by atoms with E-state index in [1.807, 2.05) is 13.8 Å². The second-order valence-corrected chi connectivity index (χ2v) is 6.90. The van der Waals surface area contributed by atoms with E-state index >= 15 is 0 Å². The van der Waals surface area contributed by atoms with Crippen molar-refractivity contribution in [1.29, 1.82) is 0 Å². The lowest BCUT2D eigenvalue weighted by atomic mass is 10.1. The second-order valence-electron chi connectivity index (χ2n) is 6.90. The molecule has 3 rings (SSSR count). The summed E-state index contributed by atoms with van der Waals surface area (Å²) in [7, 11) is 1.63. The fourth-order valence-corrected chi connectivity index (χ4v) is 2.76. The Morgan fingerprint density at radius 2 is 1.90 bits per heavy atom. The predicted octanol–water partition coefficient (Wildman–Crippen LogP) is 3.21. The normalized spacial score (nSPS) is 10.6. The average Bonchev–Trinajstić information content (AvgIpc) is 3.35. The first-order valence-electron chi connectivity index (χ1n) is 9.48. The number of nitrogens with zero attached hydrogens (tertiary/aromatic N) is 2. The highest BCUT2D eigenvalue weighted by Gasteiger charge is 2.14. The second kappa shape index (κ2) is 9.78. The van der Waals surface area contributed by atoms with E-state index in [1.54, 1.807) is 49.7 Å². The van der Waals surface area contributed by atoms with E-state index in [0.717, 1.165) is 22.6 Å². The van der Waals surface area contributed by atoms with E-state index in [2.05, 4.69) is 5.16 Å². The molecule has 0 aliphatic carbocycles. The Kier molecular flexibility index (Phi) is 6.90. The Morgan fingerprint density at radius 1 is 1.13 bits per heavy atom. The quantitative estimate of drug-likeness (QED) is 0.498. The van der Waals surface area contributed by atoms with Gasteiger partial charge in [-0.1, -0.05) is 17.3 Å². The minimum absolute atomic E-state index is 0.0688. The Labute approximate surface area is 174 Å². The van der Waals surface area contributed by atoms with Crippen LogP contribution < -0.4 is 4.74 Å². The van der Waals surface area contributed by atoms with E-state index in [-0.39, 0.29) is 18.9 Å². The molecule has 158 valence electrons. The molecule has 0 saturated heterocycles. The maximum absolute atomic E-state index is 12.1. The van der Waals surface area contributed by atoms with Gasteiger partial charge in [0.15, 0.2) is 6.61 Å². The van der Waals surface area contributed by atoms with Gasteiger partial charge in [0.1, 0.15) is 23.9 Å². The van der Waals surface area contributed by atoms with Gasteiger partial charge in [-0.3, -0.25) is 9.59 Å². The van der Waals surface area contributed by atoms with Crippen LogP contribution in [0.2, 0.25) is 0 Å². The Bertz CT molecular complexity index is 956. The summed E-state index contributed by atoms with van der Waals surface area (Å²) < 4.78 is 21.2. The number of esters is 1. The molecule has 1 aromatic carbocycles. The summed E-state index contributed by atoms with van der Waals surface area (Å²) in [5.41, 5.74) is 2.49. The van der Waals surface area contributed by atoms with Crippen molar-refractivity contribution in [3.63, 3.8) is 0 Å². The summed E-state index contributed by atoms with van der Waals surface area (Å²) in [5.74, 6) is 1.29. The highest BCUT2D eigenvalue weighted by Crippen LogP contribution is 2.18. The molecule has 8 nitrogen and oxygen atoms in total. The molecule has 3 aromatic rings. The number of likely N-dealkylation sites (N-methyl/N-ethyl adjacent to an activating group) is 1. The van der Waals surface area contributed by atoms with Crippen LogP contribution in [0, 0.1) is 13.8 Å². The number of ether oxygens (including phenoxy) is 2. The van der Waals surface area contributed by atoms with Crippen molar-refractivity contribution in [2.75, 3.05) is 13.7 Å².